The minimum absolute atomic E-state index is 0.0967. The second-order valence-electron chi connectivity index (χ2n) is 8.85. The van der Waals surface area contributed by atoms with E-state index in [0.717, 1.165) is 47.1 Å². The van der Waals surface area contributed by atoms with Gasteiger partial charge in [-0.3, -0.25) is 19.3 Å². The molecule has 158 valence electrons. The van der Waals surface area contributed by atoms with Crippen LogP contribution in [0.3, 0.4) is 0 Å². The van der Waals surface area contributed by atoms with Gasteiger partial charge in [0.25, 0.3) is 0 Å². The third-order valence-electron chi connectivity index (χ3n) is 7.53. The van der Waals surface area contributed by atoms with Gasteiger partial charge in [-0.15, -0.1) is 0 Å². The lowest BCUT2D eigenvalue weighted by molar-refractivity contribution is -0.135. The molecule has 4 atom stereocenters. The number of imide groups is 1. The first-order valence-electron chi connectivity index (χ1n) is 10.8. The number of carbonyl (C=O) groups is 3. The summed E-state index contributed by atoms with van der Waals surface area (Å²) < 4.78 is 0.802. The van der Waals surface area contributed by atoms with Crippen molar-refractivity contribution < 1.29 is 14.4 Å². The summed E-state index contributed by atoms with van der Waals surface area (Å²) in [6.45, 7) is 2.80. The smallest absolute Gasteiger partial charge is 0.250 e. The molecule has 3 amide bonds. The highest BCUT2D eigenvalue weighted by atomic mass is 79.9. The fraction of sp³-hybridized carbons (Fsp3) is 0.375. The van der Waals surface area contributed by atoms with Crippen molar-refractivity contribution in [3.63, 3.8) is 0 Å². The lowest BCUT2D eigenvalue weighted by Gasteiger charge is -2.36. The highest BCUT2D eigenvalue weighted by Crippen LogP contribution is 2.60. The number of nitrogens with zero attached hydrogens (tertiary/aromatic N) is 2. The number of hydrogen-bond donors (Lipinski definition) is 1. The quantitative estimate of drug-likeness (QED) is 0.669. The standard InChI is InChI=1S/C24H22BrN3O3/c1-2-13-8-9-17-16(11-13)24(23(31)26-17)20-19(18-7-4-10-27(18)24)21(29)28(22(20)30)15-6-3-5-14(25)12-15/h3,5-6,8-9,11-12,18-20H,2,4,7,10H2,1H3,(H,26,31)/t18-,19-,20+,24-/m1/s1. The molecule has 1 N–H and O–H groups in total. The molecule has 2 aromatic rings. The van der Waals surface area contributed by atoms with E-state index in [1.54, 1.807) is 12.1 Å². The molecule has 0 unspecified atom stereocenters. The van der Waals surface area contributed by atoms with Crippen molar-refractivity contribution in [3.05, 3.63) is 58.1 Å². The molecular formula is C24H22BrN3O3. The van der Waals surface area contributed by atoms with Crippen molar-refractivity contribution in [1.29, 1.82) is 0 Å². The van der Waals surface area contributed by atoms with Gasteiger partial charge in [-0.05, 0) is 55.6 Å². The molecule has 0 aromatic heterocycles. The van der Waals surface area contributed by atoms with Crippen LogP contribution >= 0.6 is 15.9 Å². The van der Waals surface area contributed by atoms with Crippen LogP contribution in [0.15, 0.2) is 46.9 Å². The van der Waals surface area contributed by atoms with Crippen LogP contribution < -0.4 is 10.2 Å². The van der Waals surface area contributed by atoms with Gasteiger partial charge in [-0.25, -0.2) is 4.90 Å². The topological polar surface area (TPSA) is 69.7 Å². The molecule has 4 aliphatic heterocycles. The summed E-state index contributed by atoms with van der Waals surface area (Å²) >= 11 is 3.44. The van der Waals surface area contributed by atoms with E-state index < -0.39 is 17.4 Å². The van der Waals surface area contributed by atoms with Crippen LogP contribution in [-0.2, 0) is 26.3 Å². The zero-order chi connectivity index (χ0) is 21.5. The van der Waals surface area contributed by atoms with E-state index in [0.29, 0.717) is 5.69 Å². The number of nitrogens with one attached hydrogen (secondary N) is 1. The molecule has 0 aliphatic carbocycles. The fourth-order valence-electron chi connectivity index (χ4n) is 6.34. The van der Waals surface area contributed by atoms with E-state index in [9.17, 15) is 14.4 Å². The van der Waals surface area contributed by atoms with E-state index in [4.69, 9.17) is 0 Å². The number of carbonyl (C=O) groups excluding carboxylic acids is 3. The summed E-state index contributed by atoms with van der Waals surface area (Å²) in [5.74, 6) is -1.84. The van der Waals surface area contributed by atoms with Gasteiger partial charge in [0.2, 0.25) is 17.7 Å². The van der Waals surface area contributed by atoms with E-state index in [-0.39, 0.29) is 23.8 Å². The molecule has 3 saturated heterocycles. The molecule has 0 saturated carbocycles. The molecule has 1 spiro atoms. The molecule has 31 heavy (non-hydrogen) atoms. The molecule has 0 bridgehead atoms. The van der Waals surface area contributed by atoms with Crippen LogP contribution in [0.5, 0.6) is 0 Å². The van der Waals surface area contributed by atoms with Gasteiger partial charge < -0.3 is 5.32 Å². The minimum Gasteiger partial charge on any atom is -0.324 e. The highest BCUT2D eigenvalue weighted by Gasteiger charge is 2.74. The zero-order valence-corrected chi connectivity index (χ0v) is 18.7. The Morgan fingerprint density at radius 1 is 1.13 bits per heavy atom. The number of hydrogen-bond acceptors (Lipinski definition) is 4. The first-order valence-corrected chi connectivity index (χ1v) is 11.6. The lowest BCUT2D eigenvalue weighted by atomic mass is 9.75. The Hall–Kier alpha value is -2.51. The molecule has 6 rings (SSSR count). The van der Waals surface area contributed by atoms with Crippen molar-refractivity contribution in [3.8, 4) is 0 Å². The first kappa shape index (κ1) is 19.2. The molecule has 4 aliphatic rings. The monoisotopic (exact) mass is 479 g/mol. The SMILES string of the molecule is CCc1ccc2c(c1)[C@]1(C(=O)N2)[C@@H]2C(=O)N(c3cccc(Br)c3)C(=O)[C@@H]2[C@H]2CCCN21. The van der Waals surface area contributed by atoms with Crippen LogP contribution in [0.1, 0.15) is 30.9 Å². The Kier molecular flexibility index (Phi) is 4.02. The minimum atomic E-state index is -1.11. The second-order valence-corrected chi connectivity index (χ2v) is 9.77. The third-order valence-corrected chi connectivity index (χ3v) is 8.02. The average molecular weight is 480 g/mol. The summed E-state index contributed by atoms with van der Waals surface area (Å²) in [5, 5.41) is 3.04. The van der Waals surface area contributed by atoms with Crippen molar-refractivity contribution >= 4 is 45.0 Å². The summed E-state index contributed by atoms with van der Waals surface area (Å²) in [6, 6.07) is 13.2. The van der Waals surface area contributed by atoms with Gasteiger partial charge in [0.1, 0.15) is 5.54 Å². The predicted octanol–water partition coefficient (Wildman–Crippen LogP) is 3.44. The maximum Gasteiger partial charge on any atom is 0.250 e. The molecule has 6 nitrogen and oxygen atoms in total. The normalized spacial score (nSPS) is 31.4. The van der Waals surface area contributed by atoms with Gasteiger partial charge in [0.15, 0.2) is 0 Å². The van der Waals surface area contributed by atoms with Gasteiger partial charge in [-0.2, -0.15) is 0 Å². The van der Waals surface area contributed by atoms with Crippen LogP contribution in [0.4, 0.5) is 11.4 Å². The summed E-state index contributed by atoms with van der Waals surface area (Å²) in [6.07, 6.45) is 2.58. The highest BCUT2D eigenvalue weighted by molar-refractivity contribution is 9.10. The summed E-state index contributed by atoms with van der Waals surface area (Å²) in [5.41, 5.74) is 2.18. The van der Waals surface area contributed by atoms with Gasteiger partial charge in [0.05, 0.1) is 17.5 Å². The molecule has 7 heteroatoms. The fourth-order valence-corrected chi connectivity index (χ4v) is 6.73. The van der Waals surface area contributed by atoms with E-state index in [1.807, 2.05) is 24.3 Å². The third kappa shape index (κ3) is 2.28. The molecule has 0 radical (unpaired) electrons. The Bertz CT molecular complexity index is 1160. The van der Waals surface area contributed by atoms with Crippen LogP contribution in [0.2, 0.25) is 0 Å². The van der Waals surface area contributed by atoms with Gasteiger partial charge >= 0.3 is 0 Å². The zero-order valence-electron chi connectivity index (χ0n) is 17.1. The van der Waals surface area contributed by atoms with Gasteiger partial charge in [-0.1, -0.05) is 41.1 Å². The van der Waals surface area contributed by atoms with Crippen molar-refractivity contribution in [2.75, 3.05) is 16.8 Å². The Labute approximate surface area is 188 Å². The summed E-state index contributed by atoms with van der Waals surface area (Å²) in [4.78, 5) is 44.7. The second kappa shape index (κ2) is 6.50. The maximum atomic E-state index is 13.9. The Morgan fingerprint density at radius 3 is 2.74 bits per heavy atom. The van der Waals surface area contributed by atoms with Gasteiger partial charge in [0, 0.05) is 21.8 Å². The van der Waals surface area contributed by atoms with E-state index in [1.165, 1.54) is 4.90 Å². The number of anilines is 2. The molecule has 2 aromatic carbocycles. The molecular weight excluding hydrogens is 458 g/mol. The van der Waals surface area contributed by atoms with Crippen molar-refractivity contribution in [1.82, 2.24) is 4.90 Å². The summed E-state index contributed by atoms with van der Waals surface area (Å²) in [7, 11) is 0. The Balaban J connectivity index is 1.56. The van der Waals surface area contributed by atoms with E-state index in [2.05, 4.69) is 39.1 Å². The number of aryl methyl sites for hydroxylation is 1. The van der Waals surface area contributed by atoms with Crippen LogP contribution in [0.25, 0.3) is 0 Å². The largest absolute Gasteiger partial charge is 0.324 e. The average Bonchev–Trinajstić information content (AvgIpc) is 3.46. The van der Waals surface area contributed by atoms with Crippen molar-refractivity contribution in [2.45, 2.75) is 37.8 Å². The predicted molar refractivity (Wildman–Crippen MR) is 119 cm³/mol. The Morgan fingerprint density at radius 2 is 1.97 bits per heavy atom. The number of fused-ring (bicyclic) bond motifs is 7. The number of amides is 3. The van der Waals surface area contributed by atoms with Crippen LogP contribution in [0, 0.1) is 11.8 Å². The number of rotatable bonds is 2. The number of halogens is 1. The van der Waals surface area contributed by atoms with E-state index >= 15 is 0 Å². The molecule has 4 heterocycles. The molecule has 3 fully saturated rings. The maximum absolute atomic E-state index is 13.9. The first-order chi connectivity index (χ1) is 15.0. The number of benzene rings is 2. The van der Waals surface area contributed by atoms with Crippen molar-refractivity contribution in [2.24, 2.45) is 11.8 Å². The van der Waals surface area contributed by atoms with Crippen LogP contribution in [-0.4, -0.2) is 35.2 Å². The lowest BCUT2D eigenvalue weighted by Crippen LogP contribution is -2.54.